The highest BCUT2D eigenvalue weighted by molar-refractivity contribution is 5.71. The summed E-state index contributed by atoms with van der Waals surface area (Å²) in [5.41, 5.74) is 0. The van der Waals surface area contributed by atoms with Crippen molar-refractivity contribution < 1.29 is 42.9 Å². The average Bonchev–Trinajstić information content (AvgIpc) is 3.44. The van der Waals surface area contributed by atoms with Gasteiger partial charge in [-0.25, -0.2) is 4.79 Å². The van der Waals surface area contributed by atoms with Crippen molar-refractivity contribution in [3.63, 3.8) is 0 Å². The Morgan fingerprint density at radius 2 is 0.667 bits per heavy atom. The van der Waals surface area contributed by atoms with Crippen molar-refractivity contribution in [2.45, 2.75) is 193 Å². The number of quaternary nitrogens is 1. The number of carbonyl (C=O) groups excluding carboxylic acids is 2. The maximum Gasteiger partial charge on any atom is 0.361 e. The number of esters is 2. The highest BCUT2D eigenvalue weighted by atomic mass is 16.7. The zero-order valence-electron chi connectivity index (χ0n) is 51.1. The van der Waals surface area contributed by atoms with E-state index in [-0.39, 0.29) is 32.7 Å². The van der Waals surface area contributed by atoms with Gasteiger partial charge in [0.05, 0.1) is 34.4 Å². The third-order valence-corrected chi connectivity index (χ3v) is 11.8. The zero-order valence-corrected chi connectivity index (χ0v) is 51.1. The van der Waals surface area contributed by atoms with Gasteiger partial charge in [-0.05, 0) is 141 Å². The van der Waals surface area contributed by atoms with Gasteiger partial charge in [0, 0.05) is 12.8 Å². The highest BCUT2D eigenvalue weighted by Gasteiger charge is 2.25. The maximum absolute atomic E-state index is 12.9. The van der Waals surface area contributed by atoms with Gasteiger partial charge < -0.3 is 28.5 Å². The molecule has 9 heteroatoms. The van der Waals surface area contributed by atoms with Crippen molar-refractivity contribution in [1.82, 2.24) is 0 Å². The van der Waals surface area contributed by atoms with Crippen LogP contribution in [0.4, 0.5) is 0 Å². The molecule has 0 aliphatic rings. The van der Waals surface area contributed by atoms with Crippen LogP contribution in [0.5, 0.6) is 0 Å². The van der Waals surface area contributed by atoms with Gasteiger partial charge in [-0.3, -0.25) is 9.59 Å². The van der Waals surface area contributed by atoms with Gasteiger partial charge in [-0.1, -0.05) is 221 Å². The fourth-order valence-corrected chi connectivity index (χ4v) is 7.22. The zero-order chi connectivity index (χ0) is 59.1. The Hall–Kier alpha value is -5.87. The fourth-order valence-electron chi connectivity index (χ4n) is 7.22. The van der Waals surface area contributed by atoms with Crippen LogP contribution in [0.25, 0.3) is 0 Å². The van der Waals surface area contributed by atoms with Crippen LogP contribution in [0, 0.1) is 0 Å². The second kappa shape index (κ2) is 60.2. The molecule has 9 nitrogen and oxygen atoms in total. The van der Waals surface area contributed by atoms with Gasteiger partial charge in [0.2, 0.25) is 0 Å². The lowest BCUT2D eigenvalue weighted by Gasteiger charge is -2.25. The molecule has 0 spiro atoms. The lowest BCUT2D eigenvalue weighted by molar-refractivity contribution is -0.870. The van der Waals surface area contributed by atoms with Crippen LogP contribution in [0.15, 0.2) is 194 Å². The molecule has 0 bridgehead atoms. The van der Waals surface area contributed by atoms with Crippen molar-refractivity contribution >= 4 is 17.9 Å². The summed E-state index contributed by atoms with van der Waals surface area (Å²) in [5.74, 6) is -2.13. The summed E-state index contributed by atoms with van der Waals surface area (Å²) in [6.07, 6.45) is 90.9. The van der Waals surface area contributed by atoms with Gasteiger partial charge in [0.25, 0.3) is 6.29 Å². The topological polar surface area (TPSA) is 108 Å². The summed E-state index contributed by atoms with van der Waals surface area (Å²) in [7, 11) is 5.93. The molecule has 0 aliphatic heterocycles. The van der Waals surface area contributed by atoms with Gasteiger partial charge in [-0.15, -0.1) is 0 Å². The van der Waals surface area contributed by atoms with Crippen LogP contribution < -0.4 is 0 Å². The second-order valence-electron chi connectivity index (χ2n) is 20.5. The number of carboxylic acids is 1. The summed E-state index contributed by atoms with van der Waals surface area (Å²) < 4.78 is 22.8. The minimum absolute atomic E-state index is 0.162. The largest absolute Gasteiger partial charge is 0.477 e. The number of hydrogen-bond acceptors (Lipinski definition) is 7. The molecule has 2 atom stereocenters. The lowest BCUT2D eigenvalue weighted by Crippen LogP contribution is -2.40. The van der Waals surface area contributed by atoms with Crippen molar-refractivity contribution in [3.05, 3.63) is 194 Å². The summed E-state index contributed by atoms with van der Waals surface area (Å²) in [6.45, 7) is 4.52. The minimum Gasteiger partial charge on any atom is -0.477 e. The molecule has 0 amide bonds. The molecule has 0 radical (unpaired) electrons. The number of likely N-dealkylation sites (N-methyl/N-ethyl adjacent to an activating group) is 1. The van der Waals surface area contributed by atoms with E-state index < -0.39 is 30.3 Å². The van der Waals surface area contributed by atoms with E-state index in [0.717, 1.165) is 141 Å². The number of unbranched alkanes of at least 4 members (excludes halogenated alkanes) is 6. The minimum atomic E-state index is -1.54. The van der Waals surface area contributed by atoms with Gasteiger partial charge >= 0.3 is 17.9 Å². The first-order valence-corrected chi connectivity index (χ1v) is 30.6. The van der Waals surface area contributed by atoms with Crippen LogP contribution in [-0.2, 0) is 33.3 Å². The lowest BCUT2D eigenvalue weighted by atomic mass is 10.1. The van der Waals surface area contributed by atoms with Gasteiger partial charge in [0.15, 0.2) is 6.10 Å². The Balaban J connectivity index is 4.43. The Morgan fingerprint density at radius 1 is 0.370 bits per heavy atom. The van der Waals surface area contributed by atoms with Crippen LogP contribution in [0.2, 0.25) is 0 Å². The first-order chi connectivity index (χ1) is 39.6. The molecule has 1 N–H and O–H groups in total. The van der Waals surface area contributed by atoms with Crippen molar-refractivity contribution in [2.24, 2.45) is 0 Å². The molecule has 450 valence electrons. The highest BCUT2D eigenvalue weighted by Crippen LogP contribution is 2.11. The molecule has 0 heterocycles. The first-order valence-electron chi connectivity index (χ1n) is 30.6. The van der Waals surface area contributed by atoms with Crippen LogP contribution in [-0.4, -0.2) is 87.4 Å². The number of hydrogen-bond donors (Lipinski definition) is 1. The molecule has 2 unspecified atom stereocenters. The third-order valence-electron chi connectivity index (χ3n) is 11.8. The SMILES string of the molecule is CC/C=C\C/C=C\C/C=C\C/C=C\C/C=C\C/C=C\C/C=C\C/C=C\C/C=C\C/C=C\CCCCC(=O)OC(COC(=O)CCCCCC/C=C\C/C=C\C/C=C\C/C=C\C/C=C\C/C=C\CC)COC(OCC[N+](C)(C)C)C(=O)O. The summed E-state index contributed by atoms with van der Waals surface area (Å²) in [4.78, 5) is 37.5. The Labute approximate surface area is 493 Å². The number of carbonyl (C=O) groups is 3. The number of allylic oxidation sites excluding steroid dienone is 32. The molecule has 0 saturated carbocycles. The van der Waals surface area contributed by atoms with E-state index in [1.165, 1.54) is 0 Å². The predicted octanol–water partition coefficient (Wildman–Crippen LogP) is 18.7. The van der Waals surface area contributed by atoms with Crippen molar-refractivity contribution in [3.8, 4) is 0 Å². The molecule has 81 heavy (non-hydrogen) atoms. The number of nitrogens with zero attached hydrogens (tertiary/aromatic N) is 1. The molecular weight excluding hydrogens is 1010 g/mol. The van der Waals surface area contributed by atoms with E-state index in [1.807, 2.05) is 21.1 Å². The number of rotatable bonds is 53. The number of carboxylic acid groups (broad SMARTS) is 1. The molecule has 0 saturated heterocycles. The summed E-state index contributed by atoms with van der Waals surface area (Å²) >= 11 is 0. The molecule has 0 aromatic heterocycles. The van der Waals surface area contributed by atoms with E-state index in [1.54, 1.807) is 0 Å². The second-order valence-corrected chi connectivity index (χ2v) is 20.5. The average molecular weight is 1120 g/mol. The first kappa shape index (κ1) is 75.1. The summed E-state index contributed by atoms with van der Waals surface area (Å²) in [6, 6.07) is 0. The van der Waals surface area contributed by atoms with E-state index in [9.17, 15) is 19.5 Å². The van der Waals surface area contributed by atoms with Crippen molar-refractivity contribution in [1.29, 1.82) is 0 Å². The maximum atomic E-state index is 12.9. The van der Waals surface area contributed by atoms with E-state index in [4.69, 9.17) is 18.9 Å². The fraction of sp³-hybridized carbons (Fsp3) is 0.514. The smallest absolute Gasteiger partial charge is 0.361 e. The molecule has 0 aromatic carbocycles. The molecule has 0 fully saturated rings. The molecule has 0 aliphatic carbocycles. The Kier molecular flexibility index (Phi) is 55.9. The standard InChI is InChI=1S/C72H109NO8/c1-6-8-10-12-14-16-18-20-22-24-26-28-30-31-32-33-34-35-36-37-38-39-41-43-45-47-49-51-53-55-57-59-61-63-70(75)81-68(67-80-72(71(76)77)78-65-64-73(3,4)5)66-79-69(74)62-60-58-56-54-52-50-48-46-44-42-40-29-27-25-23-21-19-17-15-13-11-9-7-2/h8-11,14-17,20-23,26-29,31-32,34-35,37-38,41-44,47-50,53,55,68,72H,6-7,12-13,18-19,24-25,30,33,36,39-40,45-46,51-52,54,56-67H2,1-5H3/p+1/b10-8-,11-9-,16-14-,17-15-,22-20-,23-21-,28-26-,29-27-,32-31-,35-34-,38-37-,43-41-,44-42-,49-47-,50-48-,55-53-. The van der Waals surface area contributed by atoms with Crippen LogP contribution >= 0.6 is 0 Å². The van der Waals surface area contributed by atoms with E-state index in [2.05, 4.69) is 208 Å². The molecular formula is C72H110NO8+. The van der Waals surface area contributed by atoms with Crippen LogP contribution in [0.1, 0.15) is 181 Å². The van der Waals surface area contributed by atoms with Crippen LogP contribution in [0.3, 0.4) is 0 Å². The summed E-state index contributed by atoms with van der Waals surface area (Å²) in [5, 5.41) is 9.71. The third kappa shape index (κ3) is 61.6. The normalized spacial score (nSPS) is 14.1. The monoisotopic (exact) mass is 1120 g/mol. The Bertz CT molecular complexity index is 2020. The van der Waals surface area contributed by atoms with E-state index in [0.29, 0.717) is 23.9 Å². The van der Waals surface area contributed by atoms with Gasteiger partial charge in [0.1, 0.15) is 13.2 Å². The number of ether oxygens (including phenoxy) is 4. The quantitative estimate of drug-likeness (QED) is 0.0211. The molecule has 0 rings (SSSR count). The number of aliphatic carboxylic acids is 1. The Morgan fingerprint density at radius 3 is 1.00 bits per heavy atom. The van der Waals surface area contributed by atoms with Gasteiger partial charge in [-0.2, -0.15) is 0 Å². The van der Waals surface area contributed by atoms with Crippen molar-refractivity contribution in [2.75, 3.05) is 47.5 Å². The van der Waals surface area contributed by atoms with E-state index >= 15 is 0 Å². The predicted molar refractivity (Wildman–Crippen MR) is 345 cm³/mol. The molecule has 0 aromatic rings.